The first-order valence-corrected chi connectivity index (χ1v) is 2.63. The molecule has 0 radical (unpaired) electrons. The number of aliphatic hydroxyl groups is 2. The van der Waals surface area contributed by atoms with Gasteiger partial charge in [0.1, 0.15) is 0 Å². The van der Waals surface area contributed by atoms with Crippen molar-refractivity contribution in [1.29, 1.82) is 0 Å². The molecule has 0 fully saturated rings. The standard InChI is InChI=1S/C4H10O2.C2H4/c1-2-3-4(5)6;1-2/h4-6H,2-3H2,1H3;1-2H2. The molecule has 0 unspecified atom stereocenters. The highest BCUT2D eigenvalue weighted by Crippen LogP contribution is 1.88. The minimum absolute atomic E-state index is 0.486. The molecule has 0 aliphatic carbocycles. The second kappa shape index (κ2) is 9.83. The molecule has 2 nitrogen and oxygen atoms in total. The fourth-order valence-electron chi connectivity index (χ4n) is 0.258. The molecule has 0 heterocycles. The highest BCUT2D eigenvalue weighted by Gasteiger charge is 1.89. The summed E-state index contributed by atoms with van der Waals surface area (Å²) in [5.41, 5.74) is 0. The predicted molar refractivity (Wildman–Crippen MR) is 34.4 cm³/mol. The summed E-state index contributed by atoms with van der Waals surface area (Å²) in [5, 5.41) is 16.2. The van der Waals surface area contributed by atoms with Gasteiger partial charge in [-0.25, -0.2) is 0 Å². The lowest BCUT2D eigenvalue weighted by Crippen LogP contribution is -2.01. The maximum atomic E-state index is 8.11. The van der Waals surface area contributed by atoms with E-state index in [2.05, 4.69) is 13.2 Å². The molecule has 0 atom stereocenters. The van der Waals surface area contributed by atoms with E-state index >= 15 is 0 Å². The Kier molecular flexibility index (Phi) is 13.0. The van der Waals surface area contributed by atoms with Gasteiger partial charge in [-0.3, -0.25) is 0 Å². The topological polar surface area (TPSA) is 40.5 Å². The molecule has 0 aliphatic heterocycles. The van der Waals surface area contributed by atoms with Crippen LogP contribution in [-0.2, 0) is 0 Å². The highest BCUT2D eigenvalue weighted by molar-refractivity contribution is 4.31. The van der Waals surface area contributed by atoms with E-state index in [1.165, 1.54) is 0 Å². The molecule has 2 N–H and O–H groups in total. The van der Waals surface area contributed by atoms with Crippen LogP contribution in [0.5, 0.6) is 0 Å². The van der Waals surface area contributed by atoms with Crippen LogP contribution in [-0.4, -0.2) is 16.5 Å². The van der Waals surface area contributed by atoms with Crippen LogP contribution < -0.4 is 0 Å². The number of aliphatic hydroxyl groups excluding tert-OH is 1. The molecule has 50 valence electrons. The largest absolute Gasteiger partial charge is 0.368 e. The van der Waals surface area contributed by atoms with E-state index < -0.39 is 6.29 Å². The summed E-state index contributed by atoms with van der Waals surface area (Å²) in [6, 6.07) is 0. The van der Waals surface area contributed by atoms with Crippen molar-refractivity contribution in [3.63, 3.8) is 0 Å². The smallest absolute Gasteiger partial charge is 0.151 e. The van der Waals surface area contributed by atoms with Crippen LogP contribution in [0.4, 0.5) is 0 Å². The van der Waals surface area contributed by atoms with Gasteiger partial charge < -0.3 is 10.2 Å². The number of hydrogen-bond acceptors (Lipinski definition) is 2. The minimum atomic E-state index is -1.10. The summed E-state index contributed by atoms with van der Waals surface area (Å²) in [6.07, 6.45) is 0.215. The van der Waals surface area contributed by atoms with Crippen molar-refractivity contribution in [3.05, 3.63) is 13.2 Å². The second-order valence-electron chi connectivity index (χ2n) is 1.27. The summed E-state index contributed by atoms with van der Waals surface area (Å²) in [7, 11) is 0. The fraction of sp³-hybridized carbons (Fsp3) is 0.667. The van der Waals surface area contributed by atoms with Crippen molar-refractivity contribution in [2.75, 3.05) is 0 Å². The highest BCUT2D eigenvalue weighted by atomic mass is 16.5. The van der Waals surface area contributed by atoms with Crippen LogP contribution in [0.15, 0.2) is 13.2 Å². The molecule has 0 saturated carbocycles. The molecular weight excluding hydrogens is 104 g/mol. The SMILES string of the molecule is C=C.CCCC(O)O. The molecule has 8 heavy (non-hydrogen) atoms. The van der Waals surface area contributed by atoms with Gasteiger partial charge in [0.2, 0.25) is 0 Å². The second-order valence-corrected chi connectivity index (χ2v) is 1.27. The van der Waals surface area contributed by atoms with Crippen LogP contribution >= 0.6 is 0 Å². The van der Waals surface area contributed by atoms with Crippen molar-refractivity contribution in [3.8, 4) is 0 Å². The van der Waals surface area contributed by atoms with Crippen molar-refractivity contribution in [2.24, 2.45) is 0 Å². The maximum absolute atomic E-state index is 8.11. The minimum Gasteiger partial charge on any atom is -0.368 e. The molecule has 0 bridgehead atoms. The molecular formula is C6H14O2. The monoisotopic (exact) mass is 118 g/mol. The molecule has 0 aliphatic rings. The normalized spacial score (nSPS) is 8.00. The predicted octanol–water partition coefficient (Wildman–Crippen LogP) is 0.899. The molecule has 0 aromatic carbocycles. The Morgan fingerprint density at radius 3 is 1.75 bits per heavy atom. The van der Waals surface area contributed by atoms with Gasteiger partial charge in [-0.1, -0.05) is 13.3 Å². The molecule has 2 heteroatoms. The van der Waals surface area contributed by atoms with E-state index in [0.717, 1.165) is 6.42 Å². The first-order chi connectivity index (χ1) is 3.77. The van der Waals surface area contributed by atoms with Gasteiger partial charge in [0.15, 0.2) is 6.29 Å². The lowest BCUT2D eigenvalue weighted by molar-refractivity contribution is -0.0453. The number of hydrogen-bond donors (Lipinski definition) is 2. The summed E-state index contributed by atoms with van der Waals surface area (Å²) >= 11 is 0. The number of rotatable bonds is 2. The average Bonchev–Trinajstić information content (AvgIpc) is 1.72. The van der Waals surface area contributed by atoms with Crippen molar-refractivity contribution in [1.82, 2.24) is 0 Å². The Morgan fingerprint density at radius 2 is 1.75 bits per heavy atom. The van der Waals surface area contributed by atoms with Gasteiger partial charge in [0.25, 0.3) is 0 Å². The van der Waals surface area contributed by atoms with Crippen molar-refractivity contribution in [2.45, 2.75) is 26.1 Å². The first kappa shape index (κ1) is 10.6. The van der Waals surface area contributed by atoms with Crippen LogP contribution in [0.25, 0.3) is 0 Å². The fourth-order valence-corrected chi connectivity index (χ4v) is 0.258. The summed E-state index contributed by atoms with van der Waals surface area (Å²) in [4.78, 5) is 0. The Balaban J connectivity index is 0. The quantitative estimate of drug-likeness (QED) is 0.417. The van der Waals surface area contributed by atoms with Gasteiger partial charge in [0.05, 0.1) is 0 Å². The molecule has 0 aromatic heterocycles. The van der Waals surface area contributed by atoms with E-state index in [9.17, 15) is 0 Å². The van der Waals surface area contributed by atoms with E-state index in [-0.39, 0.29) is 0 Å². The lowest BCUT2D eigenvalue weighted by Gasteiger charge is -1.94. The maximum Gasteiger partial charge on any atom is 0.151 e. The van der Waals surface area contributed by atoms with Gasteiger partial charge in [-0.05, 0) is 6.42 Å². The summed E-state index contributed by atoms with van der Waals surface area (Å²) in [5.74, 6) is 0. The van der Waals surface area contributed by atoms with Crippen molar-refractivity contribution < 1.29 is 10.2 Å². The Bertz CT molecular complexity index is 35.5. The van der Waals surface area contributed by atoms with E-state index in [4.69, 9.17) is 10.2 Å². The average molecular weight is 118 g/mol. The molecule has 0 rings (SSSR count). The molecule has 0 saturated heterocycles. The lowest BCUT2D eigenvalue weighted by atomic mass is 10.3. The molecule has 0 aromatic rings. The zero-order chi connectivity index (χ0) is 6.99. The molecule has 0 amide bonds. The first-order valence-electron chi connectivity index (χ1n) is 2.63. The third kappa shape index (κ3) is 17.4. The zero-order valence-electron chi connectivity index (χ0n) is 5.30. The van der Waals surface area contributed by atoms with Crippen LogP contribution in [0.3, 0.4) is 0 Å². The summed E-state index contributed by atoms with van der Waals surface area (Å²) < 4.78 is 0. The van der Waals surface area contributed by atoms with Crippen LogP contribution in [0.1, 0.15) is 19.8 Å². The van der Waals surface area contributed by atoms with E-state index in [1.807, 2.05) is 6.92 Å². The van der Waals surface area contributed by atoms with Gasteiger partial charge in [-0.2, -0.15) is 0 Å². The Hall–Kier alpha value is -0.340. The van der Waals surface area contributed by atoms with Crippen molar-refractivity contribution >= 4 is 0 Å². The van der Waals surface area contributed by atoms with Gasteiger partial charge in [-0.15, -0.1) is 13.2 Å². The van der Waals surface area contributed by atoms with Gasteiger partial charge in [0, 0.05) is 0 Å². The summed E-state index contributed by atoms with van der Waals surface area (Å²) in [6.45, 7) is 7.90. The Morgan fingerprint density at radius 1 is 1.38 bits per heavy atom. The molecule has 0 spiro atoms. The zero-order valence-corrected chi connectivity index (χ0v) is 5.30. The van der Waals surface area contributed by atoms with Crippen LogP contribution in [0, 0.1) is 0 Å². The van der Waals surface area contributed by atoms with E-state index in [1.54, 1.807) is 0 Å². The van der Waals surface area contributed by atoms with Gasteiger partial charge >= 0.3 is 0 Å². The third-order valence-electron chi connectivity index (χ3n) is 0.547. The Labute approximate surface area is 50.5 Å². The van der Waals surface area contributed by atoms with Crippen LogP contribution in [0.2, 0.25) is 0 Å². The third-order valence-corrected chi connectivity index (χ3v) is 0.547. The van der Waals surface area contributed by atoms with E-state index in [0.29, 0.717) is 6.42 Å².